The van der Waals surface area contributed by atoms with Gasteiger partial charge in [-0.1, -0.05) is 46.3 Å². The molecule has 4 saturated carbocycles. The zero-order valence-corrected chi connectivity index (χ0v) is 44.9. The first-order valence-corrected chi connectivity index (χ1v) is 27.2. The van der Waals surface area contributed by atoms with Crippen LogP contribution in [-0.2, 0) is 37.9 Å². The number of ether oxygens (including phenoxy) is 8. The highest BCUT2D eigenvalue weighted by molar-refractivity contribution is 5.22. The summed E-state index contributed by atoms with van der Waals surface area (Å²) in [6, 6.07) is 0. The van der Waals surface area contributed by atoms with Crippen molar-refractivity contribution in [1.82, 2.24) is 0 Å². The average molecular weight is 1080 g/mol. The average Bonchev–Trinajstić information content (AvgIpc) is 3.75. The predicted molar refractivity (Wildman–Crippen MR) is 260 cm³/mol. The highest BCUT2D eigenvalue weighted by Crippen LogP contribution is 2.76. The van der Waals surface area contributed by atoms with Crippen molar-refractivity contribution < 1.29 is 109 Å². The fourth-order valence-electron chi connectivity index (χ4n) is 16.0. The van der Waals surface area contributed by atoms with Crippen LogP contribution in [0.15, 0.2) is 11.6 Å². The van der Waals surface area contributed by atoms with Gasteiger partial charge in [-0.15, -0.1) is 0 Å². The lowest BCUT2D eigenvalue weighted by Crippen LogP contribution is -2.71. The molecule has 0 aromatic rings. The molecule has 8 fully saturated rings. The second kappa shape index (κ2) is 22.3. The first kappa shape index (κ1) is 60.0. The largest absolute Gasteiger partial charge is 0.394 e. The van der Waals surface area contributed by atoms with E-state index in [1.165, 1.54) is 6.92 Å². The van der Waals surface area contributed by atoms with Gasteiger partial charge in [-0.05, 0) is 124 Å². The number of allylic oxidation sites excluding steroid dienone is 2. The number of hydrogen-bond acceptors (Lipinski definition) is 22. The molecule has 4 aliphatic carbocycles. The summed E-state index contributed by atoms with van der Waals surface area (Å²) in [5, 5.41) is 155. The molecule has 0 radical (unpaired) electrons. The molecule has 4 saturated heterocycles. The molecule has 4 heterocycles. The summed E-state index contributed by atoms with van der Waals surface area (Å²) in [4.78, 5) is 0. The lowest BCUT2D eigenvalue weighted by Gasteiger charge is -2.72. The van der Waals surface area contributed by atoms with Crippen molar-refractivity contribution in [2.75, 3.05) is 19.8 Å². The van der Waals surface area contributed by atoms with Gasteiger partial charge in [-0.3, -0.25) is 0 Å². The molecule has 0 unspecified atom stereocenters. The van der Waals surface area contributed by atoms with Crippen LogP contribution in [0.1, 0.15) is 114 Å². The van der Waals surface area contributed by atoms with Crippen LogP contribution in [-0.4, -0.2) is 232 Å². The predicted octanol–water partition coefficient (Wildman–Crippen LogP) is -1.57. The Kier molecular flexibility index (Phi) is 17.8. The molecule has 30 atom stereocenters. The van der Waals surface area contributed by atoms with Gasteiger partial charge in [0.1, 0.15) is 85.5 Å². The van der Waals surface area contributed by atoms with Crippen molar-refractivity contribution in [3.63, 3.8) is 0 Å². The summed E-state index contributed by atoms with van der Waals surface area (Å²) in [5.41, 5.74) is -2.78. The van der Waals surface area contributed by atoms with E-state index in [0.29, 0.717) is 51.4 Å². The van der Waals surface area contributed by atoms with E-state index in [9.17, 15) is 71.5 Å². The first-order chi connectivity index (χ1) is 35.0. The van der Waals surface area contributed by atoms with E-state index in [1.807, 2.05) is 34.6 Å². The van der Waals surface area contributed by atoms with E-state index in [1.54, 1.807) is 0 Å². The normalized spacial score (nSPS) is 53.7. The summed E-state index contributed by atoms with van der Waals surface area (Å²) >= 11 is 0. The van der Waals surface area contributed by atoms with E-state index >= 15 is 0 Å². The van der Waals surface area contributed by atoms with Crippen LogP contribution >= 0.6 is 0 Å². The maximum absolute atomic E-state index is 12.9. The van der Waals surface area contributed by atoms with Gasteiger partial charge in [-0.2, -0.15) is 0 Å². The smallest absolute Gasteiger partial charge is 0.187 e. The second-order valence-corrected chi connectivity index (χ2v) is 25.4. The molecule has 0 bridgehead atoms. The molecule has 0 aromatic heterocycles. The molecule has 0 spiro atoms. The van der Waals surface area contributed by atoms with Gasteiger partial charge in [0.05, 0.1) is 49.8 Å². The van der Waals surface area contributed by atoms with Crippen LogP contribution in [0.25, 0.3) is 0 Å². The zero-order chi connectivity index (χ0) is 55.2. The number of aliphatic hydroxyl groups is 14. The maximum Gasteiger partial charge on any atom is 0.187 e. The Labute approximate surface area is 439 Å². The fourth-order valence-corrected chi connectivity index (χ4v) is 16.0. The monoisotopic (exact) mass is 1080 g/mol. The van der Waals surface area contributed by atoms with Crippen LogP contribution in [0, 0.1) is 45.3 Å². The van der Waals surface area contributed by atoms with Crippen molar-refractivity contribution >= 4 is 0 Å². The fraction of sp³-hybridized carbons (Fsp3) is 0.962. The van der Waals surface area contributed by atoms with Crippen LogP contribution < -0.4 is 0 Å². The summed E-state index contributed by atoms with van der Waals surface area (Å²) in [7, 11) is 0. The topological polar surface area (TPSA) is 357 Å². The molecule has 22 nitrogen and oxygen atoms in total. The molecular weight excluding hydrogens is 989 g/mol. The van der Waals surface area contributed by atoms with E-state index in [2.05, 4.69) is 26.8 Å². The van der Waals surface area contributed by atoms with E-state index in [4.69, 9.17) is 37.9 Å². The Morgan fingerprint density at radius 1 is 0.653 bits per heavy atom. The molecule has 14 N–H and O–H groups in total. The third-order valence-electron chi connectivity index (χ3n) is 20.4. The Hall–Kier alpha value is -1.14. The number of fused-ring (bicyclic) bond motifs is 5. The van der Waals surface area contributed by atoms with Gasteiger partial charge in [0, 0.05) is 0 Å². The lowest BCUT2D eigenvalue weighted by atomic mass is 9.34. The van der Waals surface area contributed by atoms with E-state index in [-0.39, 0.29) is 18.4 Å². The molecule has 8 rings (SSSR count). The van der Waals surface area contributed by atoms with Gasteiger partial charge in [0.15, 0.2) is 25.2 Å². The number of hydrogen-bond donors (Lipinski definition) is 14. The molecule has 0 aromatic carbocycles. The van der Waals surface area contributed by atoms with Gasteiger partial charge in [0.2, 0.25) is 0 Å². The van der Waals surface area contributed by atoms with E-state index in [0.717, 1.165) is 5.57 Å². The SMILES string of the molecule is CC(C)=CCC[C@](C)(O[C@@H]1O[C@H](CO[C@H]2OC[C@@H](O)[C@@H](O)[C@H]2O)[C@@H](O)[C@H](O)[C@H]1O)[C@H]1CC[C@]2(C)[C@@H]1[C@H](O)C[C@@H]1[C@@]3(C)CC[C@H](O)C(C)(C)[C@@H]3[C@@H](O[C@@H]3O[C@H](CO)[C@@H](O)[C@H](O)[C@H]3O[C@@H]3O[C@@H](C)[C@H](O)[C@@H](O)[C@H]3O)C[C@]12C. The molecule has 0 amide bonds. The molecular formula is C53H90O22. The summed E-state index contributed by atoms with van der Waals surface area (Å²) < 4.78 is 49.7. The summed E-state index contributed by atoms with van der Waals surface area (Å²) in [6.45, 7) is 16.4. The molecule has 22 heteroatoms. The van der Waals surface area contributed by atoms with E-state index < -0.39 is 187 Å². The van der Waals surface area contributed by atoms with Gasteiger partial charge in [0.25, 0.3) is 0 Å². The standard InChI is InChI=1S/C53H90O22/c1-22(2)11-10-14-53(9,75-47-42(67)38(63)36(61)29(73-47)21-69-45-40(65)34(59)26(56)20-68-45)24-12-16-51(7)32(24)25(55)17-30-50(6)15-13-31(57)49(4,5)44(50)27(18-52(30,51)8)71-48-43(39(64)35(60)28(19-54)72-48)74-46-41(66)37(62)33(58)23(3)70-46/h11,23-48,54-67H,10,12-21H2,1-9H3/t23-,24-,25+,26+,27-,28+,29+,30+,31-,32-,33-,34+,35+,36+,37+,38-,39-,40+,41+,42+,43+,44-,45+,46-,47-,48+,50+,51+,52+,53-/m0/s1. The first-order valence-electron chi connectivity index (χ1n) is 27.2. The highest BCUT2D eigenvalue weighted by atomic mass is 16.8. The number of aliphatic hydroxyl groups excluding tert-OH is 14. The van der Waals surface area contributed by atoms with Crippen LogP contribution in [0.5, 0.6) is 0 Å². The Morgan fingerprint density at radius 2 is 1.28 bits per heavy atom. The Morgan fingerprint density at radius 3 is 1.95 bits per heavy atom. The minimum atomic E-state index is -1.77. The van der Waals surface area contributed by atoms with Gasteiger partial charge in [-0.25, -0.2) is 0 Å². The lowest BCUT2D eigenvalue weighted by molar-refractivity contribution is -0.382. The quantitative estimate of drug-likeness (QED) is 0.0691. The molecule has 8 aliphatic rings. The zero-order valence-electron chi connectivity index (χ0n) is 44.9. The minimum absolute atomic E-state index is 0.136. The molecule has 75 heavy (non-hydrogen) atoms. The van der Waals surface area contributed by atoms with Gasteiger partial charge >= 0.3 is 0 Å². The van der Waals surface area contributed by atoms with Crippen molar-refractivity contribution in [2.45, 2.75) is 254 Å². The summed E-state index contributed by atoms with van der Waals surface area (Å²) in [5.74, 6) is -1.37. The third-order valence-corrected chi connectivity index (χ3v) is 20.4. The highest BCUT2D eigenvalue weighted by Gasteiger charge is 2.74. The Bertz CT molecular complexity index is 1960. The maximum atomic E-state index is 12.9. The second-order valence-electron chi connectivity index (χ2n) is 25.4. The van der Waals surface area contributed by atoms with Crippen molar-refractivity contribution in [3.8, 4) is 0 Å². The number of rotatable bonds is 14. The minimum Gasteiger partial charge on any atom is -0.394 e. The Balaban J connectivity index is 1.12. The molecule has 4 aliphatic heterocycles. The third kappa shape index (κ3) is 10.5. The van der Waals surface area contributed by atoms with Gasteiger partial charge < -0.3 is 109 Å². The molecule has 434 valence electrons. The van der Waals surface area contributed by atoms with Crippen LogP contribution in [0.2, 0.25) is 0 Å². The van der Waals surface area contributed by atoms with Crippen molar-refractivity contribution in [1.29, 1.82) is 0 Å². The van der Waals surface area contributed by atoms with Crippen LogP contribution in [0.4, 0.5) is 0 Å². The van der Waals surface area contributed by atoms with Crippen LogP contribution in [0.3, 0.4) is 0 Å². The van der Waals surface area contributed by atoms with Crippen molar-refractivity contribution in [2.24, 2.45) is 45.3 Å². The van der Waals surface area contributed by atoms with Crippen molar-refractivity contribution in [3.05, 3.63) is 11.6 Å². The summed E-state index contributed by atoms with van der Waals surface area (Å²) in [6.07, 6.45) is -25.7.